The average molecular weight is 380 g/mol. The first-order valence-electron chi connectivity index (χ1n) is 6.12. The van der Waals surface area contributed by atoms with E-state index in [1.54, 1.807) is 0 Å². The Bertz CT molecular complexity index is 628. The van der Waals surface area contributed by atoms with E-state index in [4.69, 9.17) is 0 Å². The molecule has 0 saturated carbocycles. The number of halogens is 2. The first kappa shape index (κ1) is 14.6. The number of hydrogen-bond donors (Lipinski definition) is 0. The maximum atomic E-state index is 3.85. The molecule has 0 saturated heterocycles. The van der Waals surface area contributed by atoms with E-state index in [0.717, 1.165) is 8.96 Å². The van der Waals surface area contributed by atoms with Crippen LogP contribution in [0.5, 0.6) is 0 Å². The van der Waals surface area contributed by atoms with Crippen molar-refractivity contribution < 1.29 is 0 Å². The molecule has 0 amide bonds. The minimum absolute atomic E-state index is 0.0397. The molecular weight excluding hydrogens is 364 g/mol. The molecule has 0 radical (unpaired) electrons. The van der Waals surface area contributed by atoms with E-state index < -0.39 is 0 Å². The maximum absolute atomic E-state index is 3.85. The van der Waals surface area contributed by atoms with Crippen LogP contribution in [0.4, 0.5) is 0 Å². The second kappa shape index (κ2) is 5.28. The summed E-state index contributed by atoms with van der Waals surface area (Å²) in [5.41, 5.74) is 8.48. The summed E-state index contributed by atoms with van der Waals surface area (Å²) in [7, 11) is 0. The molecule has 0 aromatic carbocycles. The minimum Gasteiger partial charge on any atom is -0.119 e. The molecule has 0 unspecified atom stereocenters. The highest BCUT2D eigenvalue weighted by Crippen LogP contribution is 2.49. The Morgan fingerprint density at radius 3 is 2.68 bits per heavy atom. The van der Waals surface area contributed by atoms with E-state index in [1.807, 2.05) is 12.2 Å². The third-order valence-electron chi connectivity index (χ3n) is 3.76. The van der Waals surface area contributed by atoms with Crippen LogP contribution in [0.25, 0.3) is 0 Å². The Balaban J connectivity index is 2.63. The van der Waals surface area contributed by atoms with Gasteiger partial charge in [-0.05, 0) is 47.9 Å². The average Bonchev–Trinajstić information content (AvgIpc) is 2.47. The highest BCUT2D eigenvalue weighted by Gasteiger charge is 2.35. The molecule has 2 rings (SSSR count). The van der Waals surface area contributed by atoms with Crippen LogP contribution in [0, 0.1) is 5.41 Å². The summed E-state index contributed by atoms with van der Waals surface area (Å²) in [6, 6.07) is 0. The molecule has 0 fully saturated rings. The van der Waals surface area contributed by atoms with Gasteiger partial charge in [-0.3, -0.25) is 0 Å². The van der Waals surface area contributed by atoms with Crippen LogP contribution < -0.4 is 0 Å². The van der Waals surface area contributed by atoms with Gasteiger partial charge in [0, 0.05) is 14.4 Å². The Morgan fingerprint density at radius 2 is 2.05 bits per heavy atom. The fraction of sp³-hybridized carbons (Fsp3) is 0.235. The molecule has 0 heterocycles. The number of hydrogen-bond acceptors (Lipinski definition) is 0. The van der Waals surface area contributed by atoms with Gasteiger partial charge in [-0.2, -0.15) is 0 Å². The van der Waals surface area contributed by atoms with Crippen molar-refractivity contribution in [2.45, 2.75) is 20.8 Å². The Kier molecular flexibility index (Phi) is 4.06. The van der Waals surface area contributed by atoms with Gasteiger partial charge < -0.3 is 0 Å². The van der Waals surface area contributed by atoms with Crippen LogP contribution in [0.3, 0.4) is 0 Å². The van der Waals surface area contributed by atoms with E-state index in [9.17, 15) is 0 Å². The van der Waals surface area contributed by atoms with Crippen LogP contribution in [0.1, 0.15) is 20.8 Å². The van der Waals surface area contributed by atoms with Gasteiger partial charge in [0.2, 0.25) is 0 Å². The molecular formula is C17H16Br2. The lowest BCUT2D eigenvalue weighted by molar-refractivity contribution is 0.562. The second-order valence-corrected chi connectivity index (χ2v) is 7.19. The summed E-state index contributed by atoms with van der Waals surface area (Å²) >= 11 is 6.93. The van der Waals surface area contributed by atoms with Crippen LogP contribution in [0.15, 0.2) is 73.9 Å². The molecule has 0 bridgehead atoms. The quantitative estimate of drug-likeness (QED) is 0.401. The predicted octanol–water partition coefficient (Wildman–Crippen LogP) is 6.11. The lowest BCUT2D eigenvalue weighted by Gasteiger charge is -2.23. The normalized spacial score (nSPS) is 21.0. The van der Waals surface area contributed by atoms with Crippen molar-refractivity contribution in [1.82, 2.24) is 0 Å². The predicted molar refractivity (Wildman–Crippen MR) is 90.4 cm³/mol. The minimum atomic E-state index is 0.0397. The molecule has 0 N–H and O–H groups in total. The van der Waals surface area contributed by atoms with Crippen molar-refractivity contribution in [3.05, 3.63) is 73.9 Å². The standard InChI is InChI=1S/C17H16Br2/c1-11(18)8-9-14-12(2)17(3,4)16-10-13(19)6-5-7-15(14)16/h6-10H,1H2,2-4H3/b9-8-. The smallest absolute Gasteiger partial charge is 0.0255 e. The summed E-state index contributed by atoms with van der Waals surface area (Å²) in [6.07, 6.45) is 10.3. The van der Waals surface area contributed by atoms with Crippen molar-refractivity contribution in [2.75, 3.05) is 0 Å². The van der Waals surface area contributed by atoms with E-state index in [-0.39, 0.29) is 5.41 Å². The van der Waals surface area contributed by atoms with E-state index in [1.165, 1.54) is 22.3 Å². The zero-order valence-corrected chi connectivity index (χ0v) is 14.5. The van der Waals surface area contributed by atoms with Crippen molar-refractivity contribution in [1.29, 1.82) is 0 Å². The molecule has 0 nitrogen and oxygen atoms in total. The first-order valence-corrected chi connectivity index (χ1v) is 7.71. The van der Waals surface area contributed by atoms with Crippen LogP contribution in [-0.2, 0) is 0 Å². The third kappa shape index (κ3) is 2.72. The number of allylic oxidation sites excluding steroid dienone is 10. The topological polar surface area (TPSA) is 0 Å². The zero-order chi connectivity index (χ0) is 14.2. The van der Waals surface area contributed by atoms with Gasteiger partial charge in [0.15, 0.2) is 0 Å². The summed E-state index contributed by atoms with van der Waals surface area (Å²) < 4.78 is 1.94. The Labute approximate surface area is 131 Å². The van der Waals surface area contributed by atoms with Crippen LogP contribution in [0.2, 0.25) is 0 Å². The highest BCUT2D eigenvalue weighted by molar-refractivity contribution is 9.12. The fourth-order valence-electron chi connectivity index (χ4n) is 2.41. The van der Waals surface area contributed by atoms with Gasteiger partial charge >= 0.3 is 0 Å². The van der Waals surface area contributed by atoms with Crippen LogP contribution >= 0.6 is 31.9 Å². The SMILES string of the molecule is C=C(Br)/C=C\C1=C(C)C(C)(C)C2=C1C=C=CC(Br)=C2. The highest BCUT2D eigenvalue weighted by atomic mass is 79.9. The number of rotatable bonds is 2. The Morgan fingerprint density at radius 1 is 1.37 bits per heavy atom. The van der Waals surface area contributed by atoms with Crippen molar-refractivity contribution >= 4 is 31.9 Å². The molecule has 19 heavy (non-hydrogen) atoms. The molecule has 2 aliphatic carbocycles. The zero-order valence-electron chi connectivity index (χ0n) is 11.3. The largest absolute Gasteiger partial charge is 0.119 e. The molecule has 2 aliphatic rings. The fourth-order valence-corrected chi connectivity index (χ4v) is 2.90. The molecule has 2 heteroatoms. The van der Waals surface area contributed by atoms with Crippen molar-refractivity contribution in [3.8, 4) is 0 Å². The summed E-state index contributed by atoms with van der Waals surface area (Å²) in [4.78, 5) is 0. The molecule has 98 valence electrons. The first-order chi connectivity index (χ1) is 8.84. The van der Waals surface area contributed by atoms with Crippen LogP contribution in [-0.4, -0.2) is 0 Å². The molecule has 0 aromatic rings. The lowest BCUT2D eigenvalue weighted by Crippen LogP contribution is -2.12. The van der Waals surface area contributed by atoms with E-state index in [2.05, 4.69) is 83.2 Å². The van der Waals surface area contributed by atoms with Gasteiger partial charge in [0.25, 0.3) is 0 Å². The van der Waals surface area contributed by atoms with Gasteiger partial charge in [-0.1, -0.05) is 63.9 Å². The van der Waals surface area contributed by atoms with E-state index >= 15 is 0 Å². The maximum Gasteiger partial charge on any atom is 0.0255 e. The van der Waals surface area contributed by atoms with Gasteiger partial charge in [-0.15, -0.1) is 5.73 Å². The molecule has 0 atom stereocenters. The summed E-state index contributed by atoms with van der Waals surface area (Å²) in [5.74, 6) is 0. The van der Waals surface area contributed by atoms with Gasteiger partial charge in [0.1, 0.15) is 0 Å². The van der Waals surface area contributed by atoms with Crippen molar-refractivity contribution in [2.24, 2.45) is 5.41 Å². The van der Waals surface area contributed by atoms with Gasteiger partial charge in [-0.25, -0.2) is 0 Å². The Hall–Kier alpha value is -0.820. The summed E-state index contributed by atoms with van der Waals surface area (Å²) in [6.45, 7) is 10.6. The van der Waals surface area contributed by atoms with Gasteiger partial charge in [0.05, 0.1) is 0 Å². The monoisotopic (exact) mass is 378 g/mol. The summed E-state index contributed by atoms with van der Waals surface area (Å²) in [5, 5.41) is 0. The molecule has 0 aromatic heterocycles. The van der Waals surface area contributed by atoms with E-state index in [0.29, 0.717) is 0 Å². The third-order valence-corrected chi connectivity index (χ3v) is 4.48. The lowest BCUT2D eigenvalue weighted by atomic mass is 9.80. The molecule has 0 spiro atoms. The van der Waals surface area contributed by atoms with Crippen molar-refractivity contribution in [3.63, 3.8) is 0 Å². The second-order valence-electron chi connectivity index (χ2n) is 5.26. The molecule has 0 aliphatic heterocycles.